The smallest absolute Gasteiger partial charge is 0.357 e. The van der Waals surface area contributed by atoms with Gasteiger partial charge in [-0.05, 0) is 12.8 Å². The average molecular weight is 432 g/mol. The van der Waals surface area contributed by atoms with Crippen LogP contribution in [0.15, 0.2) is 5.38 Å². The third-order valence-corrected chi connectivity index (χ3v) is 5.04. The summed E-state index contributed by atoms with van der Waals surface area (Å²) in [6.07, 6.45) is 2.11. The molecule has 170 valence electrons. The molecular weight excluding hydrogens is 390 g/mol. The molecule has 0 aliphatic rings. The highest BCUT2D eigenvalue weighted by atomic mass is 32.1. The van der Waals surface area contributed by atoms with Gasteiger partial charge in [-0.25, -0.2) is 9.78 Å². The number of likely N-dealkylation sites (N-methyl/N-ethyl adjacent to an activating group) is 1. The summed E-state index contributed by atoms with van der Waals surface area (Å²) in [5.41, 5.74) is 5.60. The number of nitrogens with two attached hydrogens (primary N) is 1. The zero-order chi connectivity index (χ0) is 23.0. The molecule has 8 heteroatoms. The molecule has 1 rings (SSSR count). The molecule has 3 N–H and O–H groups in total. The highest BCUT2D eigenvalue weighted by Crippen LogP contribution is 2.27. The summed E-state index contributed by atoms with van der Waals surface area (Å²) in [6, 6.07) is -0.170. The molecule has 0 radical (unpaired) electrons. The molecule has 1 amide bonds. The molecule has 0 fully saturated rings. The minimum Gasteiger partial charge on any atom is -0.461 e. The predicted molar refractivity (Wildman–Crippen MR) is 120 cm³/mol. The number of aliphatic hydroxyl groups is 1. The third kappa shape index (κ3) is 11.3. The highest BCUT2D eigenvalue weighted by Gasteiger charge is 2.27. The lowest BCUT2D eigenvalue weighted by atomic mass is 9.96. The van der Waals surface area contributed by atoms with E-state index in [4.69, 9.17) is 10.5 Å². The molecule has 0 saturated heterocycles. The number of hydrogen-bond acceptors (Lipinski definition) is 7. The standard InChI is InChI=1S/C15H25N3O4S.C4H10.C2H6/c1-5-22-15(21)10-8-23-14(17-10)12(19)6-11(9(2)3)18(4)13(20)7-16;1-3-4-2;1-2/h8-9,11-12,19H,5-7,16H2,1-4H3;3-4H2,1-2H3;1-2H3. The molecule has 1 heterocycles. The first-order valence-electron chi connectivity index (χ1n) is 10.5. The largest absolute Gasteiger partial charge is 0.461 e. The molecule has 0 saturated carbocycles. The SMILES string of the molecule is CC.CCCC.CCOC(=O)c1csc(C(O)CC(C(C)C)N(C)C(=O)CN)n1. The summed E-state index contributed by atoms with van der Waals surface area (Å²) in [7, 11) is 1.68. The number of amides is 1. The Morgan fingerprint density at radius 3 is 2.21 bits per heavy atom. The van der Waals surface area contributed by atoms with Crippen molar-refractivity contribution in [1.29, 1.82) is 0 Å². The minimum atomic E-state index is -0.858. The lowest BCUT2D eigenvalue weighted by Gasteiger charge is -2.32. The summed E-state index contributed by atoms with van der Waals surface area (Å²) >= 11 is 1.20. The van der Waals surface area contributed by atoms with Crippen LogP contribution in [0.3, 0.4) is 0 Å². The van der Waals surface area contributed by atoms with E-state index in [2.05, 4.69) is 18.8 Å². The van der Waals surface area contributed by atoms with E-state index in [0.717, 1.165) is 0 Å². The van der Waals surface area contributed by atoms with Crippen molar-refractivity contribution in [3.63, 3.8) is 0 Å². The van der Waals surface area contributed by atoms with Crippen molar-refractivity contribution in [3.05, 3.63) is 16.1 Å². The van der Waals surface area contributed by atoms with Gasteiger partial charge in [-0.3, -0.25) is 4.79 Å². The van der Waals surface area contributed by atoms with Gasteiger partial charge < -0.3 is 20.5 Å². The van der Waals surface area contributed by atoms with Crippen molar-refractivity contribution in [2.24, 2.45) is 11.7 Å². The van der Waals surface area contributed by atoms with Gasteiger partial charge in [-0.2, -0.15) is 0 Å². The lowest BCUT2D eigenvalue weighted by molar-refractivity contribution is -0.132. The summed E-state index contributed by atoms with van der Waals surface area (Å²) < 4.78 is 4.88. The van der Waals surface area contributed by atoms with Crippen molar-refractivity contribution < 1.29 is 19.4 Å². The Kier molecular flexibility index (Phi) is 17.8. The van der Waals surface area contributed by atoms with E-state index >= 15 is 0 Å². The topological polar surface area (TPSA) is 106 Å². The van der Waals surface area contributed by atoms with E-state index in [9.17, 15) is 14.7 Å². The van der Waals surface area contributed by atoms with E-state index in [0.29, 0.717) is 11.4 Å². The van der Waals surface area contributed by atoms with Crippen molar-refractivity contribution in [3.8, 4) is 0 Å². The van der Waals surface area contributed by atoms with Crippen molar-refractivity contribution in [2.45, 2.75) is 79.9 Å². The maximum atomic E-state index is 11.8. The molecule has 1 aromatic heterocycles. The number of ether oxygens (including phenoxy) is 1. The lowest BCUT2D eigenvalue weighted by Crippen LogP contribution is -2.44. The van der Waals surface area contributed by atoms with Crippen LogP contribution in [0.1, 0.15) is 89.3 Å². The number of nitrogens with zero attached hydrogens (tertiary/aromatic N) is 2. The number of carbonyl (C=O) groups is 2. The number of carbonyl (C=O) groups excluding carboxylic acids is 2. The van der Waals surface area contributed by atoms with Crippen LogP contribution in [-0.4, -0.2) is 53.1 Å². The van der Waals surface area contributed by atoms with Crippen molar-refractivity contribution >= 4 is 23.2 Å². The number of esters is 1. The summed E-state index contributed by atoms with van der Waals surface area (Å²) in [6.45, 7) is 14.2. The van der Waals surface area contributed by atoms with Gasteiger partial charge in [-0.1, -0.05) is 54.4 Å². The molecular formula is C21H41N3O4S. The van der Waals surface area contributed by atoms with Crippen LogP contribution >= 0.6 is 11.3 Å². The van der Waals surface area contributed by atoms with E-state index in [-0.39, 0.29) is 36.7 Å². The van der Waals surface area contributed by atoms with Crippen LogP contribution < -0.4 is 5.73 Å². The second-order valence-corrected chi connectivity index (χ2v) is 7.45. The first-order valence-corrected chi connectivity index (χ1v) is 11.4. The molecule has 0 aromatic carbocycles. The van der Waals surface area contributed by atoms with Gasteiger partial charge in [0.2, 0.25) is 5.91 Å². The Bertz CT molecular complexity index is 562. The van der Waals surface area contributed by atoms with Crippen LogP contribution in [-0.2, 0) is 9.53 Å². The molecule has 0 aliphatic heterocycles. The predicted octanol–water partition coefficient (Wildman–Crippen LogP) is 4.02. The Hall–Kier alpha value is -1.51. The number of rotatable bonds is 9. The van der Waals surface area contributed by atoms with Crippen LogP contribution in [0.4, 0.5) is 0 Å². The van der Waals surface area contributed by atoms with E-state index in [1.54, 1.807) is 24.3 Å². The van der Waals surface area contributed by atoms with Crippen LogP contribution in [0.25, 0.3) is 0 Å². The first kappa shape index (κ1) is 29.7. The molecule has 0 bridgehead atoms. The fourth-order valence-electron chi connectivity index (χ4n) is 2.28. The van der Waals surface area contributed by atoms with Gasteiger partial charge in [0.1, 0.15) is 11.1 Å². The van der Waals surface area contributed by atoms with Crippen LogP contribution in [0.2, 0.25) is 0 Å². The quantitative estimate of drug-likeness (QED) is 0.572. The second-order valence-electron chi connectivity index (χ2n) is 6.56. The van der Waals surface area contributed by atoms with Crippen molar-refractivity contribution in [2.75, 3.05) is 20.2 Å². The number of aromatic nitrogens is 1. The maximum absolute atomic E-state index is 11.8. The number of aliphatic hydroxyl groups excluding tert-OH is 1. The number of unbranched alkanes of at least 4 members (excludes halogenated alkanes) is 1. The fourth-order valence-corrected chi connectivity index (χ4v) is 3.06. The van der Waals surface area contributed by atoms with Crippen LogP contribution in [0, 0.1) is 5.92 Å². The van der Waals surface area contributed by atoms with Gasteiger partial charge in [0.15, 0.2) is 5.69 Å². The summed E-state index contributed by atoms with van der Waals surface area (Å²) in [4.78, 5) is 29.1. The van der Waals surface area contributed by atoms with Gasteiger partial charge in [-0.15, -0.1) is 11.3 Å². The van der Waals surface area contributed by atoms with Crippen molar-refractivity contribution in [1.82, 2.24) is 9.88 Å². The Labute approximate surface area is 180 Å². The Morgan fingerprint density at radius 1 is 1.24 bits per heavy atom. The molecule has 7 nitrogen and oxygen atoms in total. The number of thiazole rings is 1. The zero-order valence-corrected chi connectivity index (χ0v) is 20.2. The van der Waals surface area contributed by atoms with Gasteiger partial charge in [0.25, 0.3) is 0 Å². The average Bonchev–Trinajstić information content (AvgIpc) is 3.23. The van der Waals surface area contributed by atoms with Crippen LogP contribution in [0.5, 0.6) is 0 Å². The first-order chi connectivity index (χ1) is 13.7. The fraction of sp³-hybridized carbons (Fsp3) is 0.762. The highest BCUT2D eigenvalue weighted by molar-refractivity contribution is 7.09. The van der Waals surface area contributed by atoms with Gasteiger partial charge in [0, 0.05) is 24.9 Å². The molecule has 2 atom stereocenters. The van der Waals surface area contributed by atoms with Gasteiger partial charge in [0.05, 0.1) is 13.2 Å². The number of hydrogen-bond donors (Lipinski definition) is 2. The summed E-state index contributed by atoms with van der Waals surface area (Å²) in [5.74, 6) is -0.532. The zero-order valence-electron chi connectivity index (χ0n) is 19.4. The minimum absolute atomic E-state index is 0.0694. The molecule has 0 aliphatic carbocycles. The van der Waals surface area contributed by atoms with E-state index in [1.807, 2.05) is 27.7 Å². The van der Waals surface area contributed by atoms with Gasteiger partial charge >= 0.3 is 5.97 Å². The third-order valence-electron chi connectivity index (χ3n) is 4.09. The maximum Gasteiger partial charge on any atom is 0.357 e. The normalized spacial score (nSPS) is 12.1. The van der Waals surface area contributed by atoms with E-state index < -0.39 is 12.1 Å². The van der Waals surface area contributed by atoms with E-state index in [1.165, 1.54) is 24.2 Å². The molecule has 29 heavy (non-hydrogen) atoms. The molecule has 0 spiro atoms. The Balaban J connectivity index is 0. The molecule has 1 aromatic rings. The Morgan fingerprint density at radius 2 is 1.79 bits per heavy atom. The second kappa shape index (κ2) is 17.4. The molecule has 2 unspecified atom stereocenters. The summed E-state index contributed by atoms with van der Waals surface area (Å²) in [5, 5.41) is 12.4. The monoisotopic (exact) mass is 431 g/mol.